The molecular formula is C46H48N2O9S. The predicted octanol–water partition coefficient (Wildman–Crippen LogP) is 7.30. The van der Waals surface area contributed by atoms with E-state index in [1.54, 1.807) is 48.5 Å². The highest BCUT2D eigenvalue weighted by atomic mass is 32.2. The summed E-state index contributed by atoms with van der Waals surface area (Å²) >= 11 is 0. The van der Waals surface area contributed by atoms with Gasteiger partial charge in [-0.3, -0.25) is 9.59 Å². The molecule has 11 nitrogen and oxygen atoms in total. The van der Waals surface area contributed by atoms with Crippen LogP contribution in [0.15, 0.2) is 140 Å². The van der Waals surface area contributed by atoms with Gasteiger partial charge < -0.3 is 24.8 Å². The number of nitrogens with one attached hydrogen (secondary N) is 2. The van der Waals surface area contributed by atoms with Gasteiger partial charge in [-0.15, -0.1) is 0 Å². The molecule has 58 heavy (non-hydrogen) atoms. The van der Waals surface area contributed by atoms with Crippen LogP contribution in [-0.2, 0) is 78.5 Å². The van der Waals surface area contributed by atoms with Crippen LogP contribution in [0.1, 0.15) is 45.4 Å². The van der Waals surface area contributed by atoms with Crippen molar-refractivity contribution in [2.75, 3.05) is 12.9 Å². The lowest BCUT2D eigenvalue weighted by atomic mass is 9.87. The smallest absolute Gasteiger partial charge is 0.407 e. The normalized spacial score (nSPS) is 12.1. The third-order valence-electron chi connectivity index (χ3n) is 9.37. The number of esters is 1. The number of sulfone groups is 1. The van der Waals surface area contributed by atoms with Crippen LogP contribution in [0.2, 0.25) is 0 Å². The fraction of sp³-hybridized carbons (Fsp3) is 0.261. The van der Waals surface area contributed by atoms with Crippen molar-refractivity contribution in [2.45, 2.75) is 51.3 Å². The predicted molar refractivity (Wildman–Crippen MR) is 220 cm³/mol. The Morgan fingerprint density at radius 2 is 0.948 bits per heavy atom. The largest absolute Gasteiger partial charge is 0.469 e. The lowest BCUT2D eigenvalue weighted by molar-refractivity contribution is -0.147. The van der Waals surface area contributed by atoms with Crippen LogP contribution >= 0.6 is 0 Å². The highest BCUT2D eigenvalue weighted by Crippen LogP contribution is 2.23. The lowest BCUT2D eigenvalue weighted by Crippen LogP contribution is -2.31. The van der Waals surface area contributed by atoms with E-state index < -0.39 is 45.6 Å². The number of alkyl carbamates (subject to hydrolysis) is 2. The number of ketones is 1. The first-order valence-electron chi connectivity index (χ1n) is 18.9. The Morgan fingerprint density at radius 3 is 1.41 bits per heavy atom. The molecule has 0 aliphatic carbocycles. The Bertz CT molecular complexity index is 2220. The van der Waals surface area contributed by atoms with Gasteiger partial charge in [0.05, 0.1) is 24.5 Å². The van der Waals surface area contributed by atoms with E-state index in [4.69, 9.17) is 14.2 Å². The zero-order valence-corrected chi connectivity index (χ0v) is 33.2. The van der Waals surface area contributed by atoms with Crippen LogP contribution < -0.4 is 10.6 Å². The highest BCUT2D eigenvalue weighted by Gasteiger charge is 2.31. The second-order valence-electron chi connectivity index (χ2n) is 14.0. The van der Waals surface area contributed by atoms with Gasteiger partial charge in [0.2, 0.25) is 0 Å². The number of rotatable bonds is 20. The number of carbonyl (C=O) groups is 4. The maximum atomic E-state index is 14.2. The average Bonchev–Trinajstić information content (AvgIpc) is 3.23. The first kappa shape index (κ1) is 42.9. The van der Waals surface area contributed by atoms with Gasteiger partial charge in [-0.1, -0.05) is 140 Å². The summed E-state index contributed by atoms with van der Waals surface area (Å²) in [6, 6.07) is 41.9. The first-order valence-corrected chi connectivity index (χ1v) is 20.8. The van der Waals surface area contributed by atoms with Crippen LogP contribution in [-0.4, -0.2) is 45.2 Å². The molecule has 0 heterocycles. The molecule has 0 aliphatic rings. The van der Waals surface area contributed by atoms with E-state index in [-0.39, 0.29) is 57.1 Å². The Balaban J connectivity index is 1.25. The molecule has 0 fully saturated rings. The molecule has 0 aromatic heterocycles. The molecule has 5 aromatic carbocycles. The van der Waals surface area contributed by atoms with Crippen LogP contribution in [0.5, 0.6) is 0 Å². The van der Waals surface area contributed by atoms with Crippen molar-refractivity contribution < 1.29 is 41.8 Å². The summed E-state index contributed by atoms with van der Waals surface area (Å²) in [5.41, 5.74) is 5.24. The first-order chi connectivity index (χ1) is 28.0. The van der Waals surface area contributed by atoms with Crippen molar-refractivity contribution in [3.63, 3.8) is 0 Å². The molecular weight excluding hydrogens is 757 g/mol. The zero-order chi connectivity index (χ0) is 41.2. The highest BCUT2D eigenvalue weighted by molar-refractivity contribution is 7.90. The minimum atomic E-state index is -3.77. The van der Waals surface area contributed by atoms with Crippen LogP contribution in [0.4, 0.5) is 9.59 Å². The number of carbonyl (C=O) groups excluding carboxylic acids is 4. The molecule has 12 heteroatoms. The molecule has 0 saturated carbocycles. The topological polar surface area (TPSA) is 154 Å². The standard InChI is InChI=1S/C46H48N2O9S/c1-55-44(50)41(25-37-19-11-21-39(23-37)28-47-45(51)56-30-34-13-5-2-6-14-34)27-43(49)42(33-58(53,54)32-36-17-9-4-10-18-36)26-38-20-12-22-40(24-38)29-48-46(52)57-31-35-15-7-3-8-16-35/h2-24,41-42H,25-33H2,1H3,(H,47,51)(H,48,52)/t41-,42+/m1/s1. The van der Waals surface area contributed by atoms with E-state index in [0.29, 0.717) is 11.1 Å². The average molecular weight is 805 g/mol. The molecule has 302 valence electrons. The van der Waals surface area contributed by atoms with Crippen LogP contribution in [0.3, 0.4) is 0 Å². The van der Waals surface area contributed by atoms with Gasteiger partial charge in [0, 0.05) is 25.4 Å². The summed E-state index contributed by atoms with van der Waals surface area (Å²) in [5.74, 6) is -3.53. The van der Waals surface area contributed by atoms with Crippen LogP contribution in [0, 0.1) is 11.8 Å². The Kier molecular flexibility index (Phi) is 16.2. The van der Waals surface area contributed by atoms with E-state index in [0.717, 1.165) is 27.8 Å². The summed E-state index contributed by atoms with van der Waals surface area (Å²) in [4.78, 5) is 52.1. The molecule has 2 atom stereocenters. The van der Waals surface area contributed by atoms with Gasteiger partial charge in [0.25, 0.3) is 0 Å². The molecule has 0 saturated heterocycles. The van der Waals surface area contributed by atoms with Crippen LogP contribution in [0.25, 0.3) is 0 Å². The number of Topliss-reactive ketones (excluding diaryl/α,β-unsaturated/α-hetero) is 1. The second-order valence-corrected chi connectivity index (χ2v) is 16.1. The lowest BCUT2D eigenvalue weighted by Gasteiger charge is -2.20. The molecule has 2 amide bonds. The van der Waals surface area contributed by atoms with Crippen molar-refractivity contribution in [1.29, 1.82) is 0 Å². The molecule has 0 spiro atoms. The third kappa shape index (κ3) is 14.7. The van der Waals surface area contributed by atoms with Gasteiger partial charge in [-0.25, -0.2) is 18.0 Å². The van der Waals surface area contributed by atoms with Crippen molar-refractivity contribution in [3.8, 4) is 0 Å². The molecule has 0 radical (unpaired) electrons. The Morgan fingerprint density at radius 1 is 0.534 bits per heavy atom. The number of hydrogen-bond donors (Lipinski definition) is 2. The van der Waals surface area contributed by atoms with Crippen molar-refractivity contribution >= 4 is 33.8 Å². The fourth-order valence-electron chi connectivity index (χ4n) is 6.47. The summed E-state index contributed by atoms with van der Waals surface area (Å²) < 4.78 is 42.9. The van der Waals surface area contributed by atoms with Gasteiger partial charge in [0.1, 0.15) is 19.0 Å². The van der Waals surface area contributed by atoms with Crippen molar-refractivity contribution in [2.24, 2.45) is 11.8 Å². The molecule has 2 N–H and O–H groups in total. The van der Waals surface area contributed by atoms with Crippen molar-refractivity contribution in [3.05, 3.63) is 178 Å². The molecule has 0 bridgehead atoms. The SMILES string of the molecule is COC(=O)[C@@H](CC(=O)[C@@H](Cc1cccc(CNC(=O)OCc2ccccc2)c1)CS(=O)(=O)Cc1ccccc1)Cc1cccc(CNC(=O)OCc2ccccc2)c1. The maximum Gasteiger partial charge on any atom is 0.407 e. The number of methoxy groups -OCH3 is 1. The van der Waals surface area contributed by atoms with E-state index in [1.807, 2.05) is 91.0 Å². The Labute approximate surface area is 339 Å². The van der Waals surface area contributed by atoms with Gasteiger partial charge >= 0.3 is 18.2 Å². The van der Waals surface area contributed by atoms with E-state index in [2.05, 4.69) is 10.6 Å². The van der Waals surface area contributed by atoms with Gasteiger partial charge in [0.15, 0.2) is 9.84 Å². The van der Waals surface area contributed by atoms with Gasteiger partial charge in [-0.05, 0) is 51.8 Å². The summed E-state index contributed by atoms with van der Waals surface area (Å²) in [5, 5.41) is 5.46. The monoisotopic (exact) mass is 804 g/mol. The molecule has 5 aromatic rings. The minimum Gasteiger partial charge on any atom is -0.469 e. The van der Waals surface area contributed by atoms with E-state index >= 15 is 0 Å². The summed E-state index contributed by atoms with van der Waals surface area (Å²) in [7, 11) is -2.52. The molecule has 0 aliphatic heterocycles. The van der Waals surface area contributed by atoms with E-state index in [1.165, 1.54) is 7.11 Å². The Hall–Kier alpha value is -6.27. The van der Waals surface area contributed by atoms with Gasteiger partial charge in [-0.2, -0.15) is 0 Å². The summed E-state index contributed by atoms with van der Waals surface area (Å²) in [6.07, 6.45) is -1.18. The van der Waals surface area contributed by atoms with Crippen molar-refractivity contribution in [1.82, 2.24) is 10.6 Å². The summed E-state index contributed by atoms with van der Waals surface area (Å²) in [6.45, 7) is 0.578. The minimum absolute atomic E-state index is 0.0918. The number of benzene rings is 5. The second kappa shape index (κ2) is 21.9. The number of hydrogen-bond acceptors (Lipinski definition) is 9. The number of amides is 2. The zero-order valence-electron chi connectivity index (χ0n) is 32.4. The fourth-order valence-corrected chi connectivity index (χ4v) is 8.21. The maximum absolute atomic E-state index is 14.2. The molecule has 5 rings (SSSR count). The third-order valence-corrected chi connectivity index (χ3v) is 11.1. The quantitative estimate of drug-likeness (QED) is 0.0609. The molecule has 0 unspecified atom stereocenters. The van der Waals surface area contributed by atoms with E-state index in [9.17, 15) is 27.6 Å². The number of ether oxygens (including phenoxy) is 3.